The fourth-order valence-corrected chi connectivity index (χ4v) is 3.72. The SMILES string of the molecule is CC(C)(C[C@@H]1C[C@H](O)C[C@H]2O[C@@]12C)[Si](C)(C)O. The largest absolute Gasteiger partial charge is 0.432 e. The lowest BCUT2D eigenvalue weighted by Crippen LogP contribution is -2.44. The Bertz CT molecular complexity index is 310. The third-order valence-electron chi connectivity index (χ3n) is 5.24. The third kappa shape index (κ3) is 2.32. The lowest BCUT2D eigenvalue weighted by molar-refractivity contribution is 0.0892. The van der Waals surface area contributed by atoms with E-state index in [1.807, 2.05) is 13.1 Å². The number of epoxide rings is 1. The fraction of sp³-hybridized carbons (Fsp3) is 1.00. The van der Waals surface area contributed by atoms with Gasteiger partial charge in [0.25, 0.3) is 0 Å². The second-order valence-electron chi connectivity index (χ2n) is 7.26. The first-order chi connectivity index (χ1) is 7.56. The Morgan fingerprint density at radius 2 is 1.94 bits per heavy atom. The minimum atomic E-state index is -2.17. The number of hydrogen-bond donors (Lipinski definition) is 2. The predicted octanol–water partition coefficient (Wildman–Crippen LogP) is 2.28. The first-order valence-electron chi connectivity index (χ1n) is 6.64. The van der Waals surface area contributed by atoms with Gasteiger partial charge in [-0.25, -0.2) is 0 Å². The number of fused-ring (bicyclic) bond motifs is 1. The van der Waals surface area contributed by atoms with Crippen molar-refractivity contribution in [2.24, 2.45) is 5.92 Å². The van der Waals surface area contributed by atoms with E-state index in [1.165, 1.54) is 0 Å². The summed E-state index contributed by atoms with van der Waals surface area (Å²) in [6.07, 6.45) is 2.58. The second kappa shape index (κ2) is 3.79. The van der Waals surface area contributed by atoms with E-state index in [1.54, 1.807) is 0 Å². The van der Waals surface area contributed by atoms with Crippen LogP contribution in [-0.4, -0.2) is 36.0 Å². The summed E-state index contributed by atoms with van der Waals surface area (Å²) in [6.45, 7) is 10.5. The molecular formula is C13H26O3Si. The zero-order valence-electron chi connectivity index (χ0n) is 11.7. The molecule has 0 bridgehead atoms. The molecule has 1 saturated carbocycles. The molecule has 0 unspecified atom stereocenters. The smallest absolute Gasteiger partial charge is 0.188 e. The van der Waals surface area contributed by atoms with Gasteiger partial charge in [-0.15, -0.1) is 0 Å². The van der Waals surface area contributed by atoms with Crippen LogP contribution in [0.1, 0.15) is 40.0 Å². The lowest BCUT2D eigenvalue weighted by atomic mass is 9.75. The maximum atomic E-state index is 10.4. The fourth-order valence-electron chi connectivity index (χ4n) is 2.97. The van der Waals surface area contributed by atoms with E-state index in [4.69, 9.17) is 4.74 Å². The Kier molecular flexibility index (Phi) is 3.02. The maximum absolute atomic E-state index is 10.4. The van der Waals surface area contributed by atoms with E-state index in [-0.39, 0.29) is 22.8 Å². The topological polar surface area (TPSA) is 53.0 Å². The van der Waals surface area contributed by atoms with Crippen LogP contribution in [0.15, 0.2) is 0 Å². The molecule has 4 atom stereocenters. The maximum Gasteiger partial charge on any atom is 0.188 e. The summed E-state index contributed by atoms with van der Waals surface area (Å²) in [4.78, 5) is 10.4. The monoisotopic (exact) mass is 258 g/mol. The molecule has 0 spiro atoms. The first kappa shape index (κ1) is 13.5. The van der Waals surface area contributed by atoms with Crippen LogP contribution in [-0.2, 0) is 4.74 Å². The highest BCUT2D eigenvalue weighted by atomic mass is 28.4. The highest BCUT2D eigenvalue weighted by Crippen LogP contribution is 2.56. The van der Waals surface area contributed by atoms with Crippen LogP contribution in [0.4, 0.5) is 0 Å². The first-order valence-corrected chi connectivity index (χ1v) is 9.59. The molecular weight excluding hydrogens is 232 g/mol. The van der Waals surface area contributed by atoms with Crippen molar-refractivity contribution in [3.8, 4) is 0 Å². The molecule has 0 radical (unpaired) electrons. The molecule has 2 rings (SSSR count). The summed E-state index contributed by atoms with van der Waals surface area (Å²) in [5, 5.41) is 9.83. The van der Waals surface area contributed by atoms with Crippen molar-refractivity contribution in [1.29, 1.82) is 0 Å². The van der Waals surface area contributed by atoms with Gasteiger partial charge in [-0.3, -0.25) is 0 Å². The minimum absolute atomic E-state index is 0.0316. The molecule has 1 aliphatic heterocycles. The van der Waals surface area contributed by atoms with Crippen LogP contribution in [0, 0.1) is 5.92 Å². The van der Waals surface area contributed by atoms with Crippen molar-refractivity contribution >= 4 is 8.32 Å². The van der Waals surface area contributed by atoms with Crippen molar-refractivity contribution < 1.29 is 14.6 Å². The molecule has 4 heteroatoms. The number of aliphatic hydroxyl groups is 1. The molecule has 100 valence electrons. The summed E-state index contributed by atoms with van der Waals surface area (Å²) >= 11 is 0. The standard InChI is InChI=1S/C13H26O3Si/c1-12(2,17(4,5)15)8-9-6-10(14)7-11-13(9,3)16-11/h9-11,14-15H,6-8H2,1-5H3/t9-,10-,11+,13-/m0/s1. The molecule has 17 heavy (non-hydrogen) atoms. The average molecular weight is 258 g/mol. The van der Waals surface area contributed by atoms with Gasteiger partial charge in [0, 0.05) is 6.42 Å². The second-order valence-corrected chi connectivity index (χ2v) is 11.7. The van der Waals surface area contributed by atoms with Crippen molar-refractivity contribution in [1.82, 2.24) is 0 Å². The normalized spacial score (nSPS) is 42.2. The molecule has 2 fully saturated rings. The van der Waals surface area contributed by atoms with Gasteiger partial charge < -0.3 is 14.6 Å². The van der Waals surface area contributed by atoms with Crippen LogP contribution in [0.2, 0.25) is 18.1 Å². The summed E-state index contributed by atoms with van der Waals surface area (Å²) in [5.41, 5.74) is -0.0316. The Balaban J connectivity index is 2.08. The molecule has 1 saturated heterocycles. The van der Waals surface area contributed by atoms with Gasteiger partial charge in [0.05, 0.1) is 17.8 Å². The van der Waals surface area contributed by atoms with Gasteiger partial charge in [0.2, 0.25) is 0 Å². The van der Waals surface area contributed by atoms with E-state index < -0.39 is 8.32 Å². The van der Waals surface area contributed by atoms with E-state index in [2.05, 4.69) is 20.8 Å². The van der Waals surface area contributed by atoms with Crippen LogP contribution < -0.4 is 0 Å². The molecule has 1 aliphatic carbocycles. The Labute approximate surface area is 105 Å². The van der Waals surface area contributed by atoms with Crippen molar-refractivity contribution in [3.63, 3.8) is 0 Å². The summed E-state index contributed by atoms with van der Waals surface area (Å²) < 4.78 is 5.78. The van der Waals surface area contributed by atoms with Gasteiger partial charge in [-0.2, -0.15) is 0 Å². The van der Waals surface area contributed by atoms with Crippen molar-refractivity contribution in [2.75, 3.05) is 0 Å². The van der Waals surface area contributed by atoms with E-state index in [0.29, 0.717) is 5.92 Å². The van der Waals surface area contributed by atoms with Crippen LogP contribution in [0.3, 0.4) is 0 Å². The predicted molar refractivity (Wildman–Crippen MR) is 70.4 cm³/mol. The van der Waals surface area contributed by atoms with Crippen molar-refractivity contribution in [2.45, 2.75) is 76.0 Å². The number of aliphatic hydroxyl groups excluding tert-OH is 1. The minimum Gasteiger partial charge on any atom is -0.432 e. The Hall–Kier alpha value is 0.0969. The number of ether oxygens (including phenoxy) is 1. The zero-order chi connectivity index (χ0) is 13.1. The van der Waals surface area contributed by atoms with E-state index in [9.17, 15) is 9.90 Å². The van der Waals surface area contributed by atoms with Gasteiger partial charge in [0.1, 0.15) is 0 Å². The van der Waals surface area contributed by atoms with E-state index >= 15 is 0 Å². The molecule has 0 aromatic heterocycles. The number of rotatable bonds is 3. The zero-order valence-corrected chi connectivity index (χ0v) is 12.7. The van der Waals surface area contributed by atoms with Gasteiger partial charge >= 0.3 is 0 Å². The van der Waals surface area contributed by atoms with Gasteiger partial charge in [0.15, 0.2) is 8.32 Å². The highest BCUT2D eigenvalue weighted by Gasteiger charge is 2.62. The van der Waals surface area contributed by atoms with Crippen LogP contribution in [0.5, 0.6) is 0 Å². The van der Waals surface area contributed by atoms with Gasteiger partial charge in [-0.1, -0.05) is 13.8 Å². The van der Waals surface area contributed by atoms with Crippen LogP contribution in [0.25, 0.3) is 0 Å². The average Bonchev–Trinajstić information content (AvgIpc) is 2.74. The van der Waals surface area contributed by atoms with Crippen LogP contribution >= 0.6 is 0 Å². The van der Waals surface area contributed by atoms with Gasteiger partial charge in [-0.05, 0) is 43.8 Å². The molecule has 1 heterocycles. The Morgan fingerprint density at radius 1 is 1.35 bits per heavy atom. The molecule has 2 N–H and O–H groups in total. The molecule has 3 nitrogen and oxygen atoms in total. The van der Waals surface area contributed by atoms with E-state index in [0.717, 1.165) is 19.3 Å². The lowest BCUT2D eigenvalue weighted by Gasteiger charge is -2.40. The molecule has 0 aromatic rings. The third-order valence-corrected chi connectivity index (χ3v) is 8.76. The number of hydrogen-bond acceptors (Lipinski definition) is 3. The highest BCUT2D eigenvalue weighted by molar-refractivity contribution is 6.72. The quantitative estimate of drug-likeness (QED) is 0.603. The Morgan fingerprint density at radius 3 is 2.47 bits per heavy atom. The molecule has 0 aromatic carbocycles. The van der Waals surface area contributed by atoms with Crippen molar-refractivity contribution in [3.05, 3.63) is 0 Å². The summed E-state index contributed by atoms with van der Waals surface area (Å²) in [5.74, 6) is 0.380. The summed E-state index contributed by atoms with van der Waals surface area (Å²) in [7, 11) is -2.17. The summed E-state index contributed by atoms with van der Waals surface area (Å²) in [6, 6.07) is 0. The molecule has 0 amide bonds. The molecule has 2 aliphatic rings.